The van der Waals surface area contributed by atoms with E-state index in [1.54, 1.807) is 37.2 Å². The molecule has 1 saturated heterocycles. The zero-order valence-corrected chi connectivity index (χ0v) is 29.7. The van der Waals surface area contributed by atoms with Crippen LogP contribution in [0.3, 0.4) is 0 Å². The van der Waals surface area contributed by atoms with Crippen LogP contribution in [0.4, 0.5) is 26.3 Å². The van der Waals surface area contributed by atoms with Crippen molar-refractivity contribution < 1.29 is 41.0 Å². The molecule has 0 radical (unpaired) electrons. The maximum absolute atomic E-state index is 15.2. The molecule has 0 aliphatic carbocycles. The minimum atomic E-state index is -4.93. The van der Waals surface area contributed by atoms with Crippen molar-refractivity contribution in [2.24, 2.45) is 7.05 Å². The summed E-state index contributed by atoms with van der Waals surface area (Å²) in [7, 11) is 4.98. The summed E-state index contributed by atoms with van der Waals surface area (Å²) in [6.07, 6.45) is -6.05. The fourth-order valence-electron chi connectivity index (χ4n) is 7.26. The number of amides is 1. The van der Waals surface area contributed by atoms with Crippen LogP contribution in [0.1, 0.15) is 45.5 Å². The van der Waals surface area contributed by atoms with Gasteiger partial charge in [0.1, 0.15) is 11.9 Å². The van der Waals surface area contributed by atoms with E-state index in [1.165, 1.54) is 60.1 Å². The summed E-state index contributed by atoms with van der Waals surface area (Å²) < 4.78 is 89.0. The first-order chi connectivity index (χ1) is 25.4. The second-order valence-corrected chi connectivity index (χ2v) is 14.0. The lowest BCUT2D eigenvalue weighted by Crippen LogP contribution is -2.43. The standard InChI is InChI=1S/C40H38F6N4O4/c1-48(2)21-23-13-14-32-29(19-23)35(40(44,45)46)34(37(52)49(32)3)28-11-6-9-26-24(7-4-10-27(26)28)20-31(38(53)54)47-36(51)33-25(8-5-12-30(33)41)22-50-17-15-39(42,43)16-18-50/h4-14,19,31H,15-18,20-22H2,1-3H3,(H,47,51)(H,53,54)/t31-/m0/s1. The van der Waals surface area contributed by atoms with Crippen LogP contribution in [0.15, 0.2) is 77.6 Å². The van der Waals surface area contributed by atoms with E-state index >= 15 is 17.6 Å². The summed E-state index contributed by atoms with van der Waals surface area (Å²) in [6.45, 7) is 0.408. The molecule has 1 aromatic heterocycles. The number of rotatable bonds is 10. The van der Waals surface area contributed by atoms with Gasteiger partial charge in [-0.05, 0) is 65.3 Å². The molecule has 1 fully saturated rings. The molecule has 1 amide bonds. The summed E-state index contributed by atoms with van der Waals surface area (Å²) in [5.41, 5.74) is -1.69. The van der Waals surface area contributed by atoms with Crippen molar-refractivity contribution in [1.29, 1.82) is 0 Å². The molecule has 1 atom stereocenters. The number of nitrogens with zero attached hydrogens (tertiary/aromatic N) is 3. The molecule has 0 saturated carbocycles. The second kappa shape index (κ2) is 14.9. The van der Waals surface area contributed by atoms with Crippen LogP contribution in [0, 0.1) is 5.82 Å². The van der Waals surface area contributed by atoms with Gasteiger partial charge in [-0.3, -0.25) is 14.5 Å². The molecule has 0 bridgehead atoms. The van der Waals surface area contributed by atoms with E-state index in [-0.39, 0.29) is 66.3 Å². The summed E-state index contributed by atoms with van der Waals surface area (Å²) in [6, 6.07) is 16.0. The topological polar surface area (TPSA) is 94.9 Å². The number of carboxylic acids is 1. The van der Waals surface area contributed by atoms with E-state index in [0.29, 0.717) is 23.1 Å². The molecule has 0 unspecified atom stereocenters. The largest absolute Gasteiger partial charge is 0.480 e. The molecule has 14 heteroatoms. The van der Waals surface area contributed by atoms with Gasteiger partial charge in [-0.2, -0.15) is 13.2 Å². The molecule has 0 spiro atoms. The molecular weight excluding hydrogens is 714 g/mol. The van der Waals surface area contributed by atoms with E-state index in [9.17, 15) is 28.3 Å². The highest BCUT2D eigenvalue weighted by atomic mass is 19.4. The number of aliphatic carboxylic acids is 1. The first-order valence-electron chi connectivity index (χ1n) is 17.2. The Hall–Kier alpha value is -5.21. The smallest absolute Gasteiger partial charge is 0.417 e. The number of carbonyl (C=O) groups is 2. The fourth-order valence-corrected chi connectivity index (χ4v) is 7.26. The molecule has 6 rings (SSSR count). The number of carbonyl (C=O) groups excluding carboxylic acids is 1. The van der Waals surface area contributed by atoms with E-state index in [2.05, 4.69) is 5.32 Å². The highest BCUT2D eigenvalue weighted by molar-refractivity contribution is 6.02. The Bertz CT molecular complexity index is 2310. The van der Waals surface area contributed by atoms with Crippen molar-refractivity contribution in [2.75, 3.05) is 27.2 Å². The zero-order chi connectivity index (χ0) is 39.1. The minimum absolute atomic E-state index is 0.00839. The van der Waals surface area contributed by atoms with Crippen molar-refractivity contribution >= 4 is 33.6 Å². The molecule has 5 aromatic rings. The van der Waals surface area contributed by atoms with Gasteiger partial charge in [0.15, 0.2) is 0 Å². The molecule has 284 valence electrons. The quantitative estimate of drug-likeness (QED) is 0.146. The van der Waals surface area contributed by atoms with E-state index in [1.807, 2.05) is 4.90 Å². The van der Waals surface area contributed by atoms with Gasteiger partial charge in [0.25, 0.3) is 17.4 Å². The Labute approximate surface area is 306 Å². The lowest BCUT2D eigenvalue weighted by Gasteiger charge is -2.32. The zero-order valence-electron chi connectivity index (χ0n) is 29.7. The average Bonchev–Trinajstić information content (AvgIpc) is 3.09. The predicted molar refractivity (Wildman–Crippen MR) is 193 cm³/mol. The Morgan fingerprint density at radius 1 is 0.926 bits per heavy atom. The lowest BCUT2D eigenvalue weighted by molar-refractivity contribution is -0.139. The Morgan fingerprint density at radius 3 is 2.24 bits per heavy atom. The number of benzene rings is 4. The normalized spacial score (nSPS) is 15.5. The Balaban J connectivity index is 1.38. The number of likely N-dealkylation sites (tertiary alicyclic amines) is 1. The maximum Gasteiger partial charge on any atom is 0.417 e. The third-order valence-corrected chi connectivity index (χ3v) is 9.86. The van der Waals surface area contributed by atoms with Crippen molar-refractivity contribution in [3.8, 4) is 11.1 Å². The number of aryl methyl sites for hydroxylation is 1. The van der Waals surface area contributed by atoms with Gasteiger partial charge in [0.2, 0.25) is 0 Å². The summed E-state index contributed by atoms with van der Waals surface area (Å²) in [4.78, 5) is 43.4. The van der Waals surface area contributed by atoms with Crippen molar-refractivity contribution in [3.05, 3.63) is 117 Å². The Morgan fingerprint density at radius 2 is 1.57 bits per heavy atom. The molecule has 54 heavy (non-hydrogen) atoms. The van der Waals surface area contributed by atoms with Crippen LogP contribution in [0.5, 0.6) is 0 Å². The monoisotopic (exact) mass is 752 g/mol. The average molecular weight is 753 g/mol. The van der Waals surface area contributed by atoms with Crippen LogP contribution in [-0.4, -0.2) is 70.5 Å². The molecule has 8 nitrogen and oxygen atoms in total. The van der Waals surface area contributed by atoms with Gasteiger partial charge >= 0.3 is 12.1 Å². The number of halogens is 6. The molecule has 2 heterocycles. The van der Waals surface area contributed by atoms with Gasteiger partial charge in [-0.25, -0.2) is 18.0 Å². The number of fused-ring (bicyclic) bond motifs is 2. The molecule has 2 N–H and O–H groups in total. The number of nitrogens with one attached hydrogen (secondary N) is 1. The van der Waals surface area contributed by atoms with Crippen LogP contribution in [0.2, 0.25) is 0 Å². The number of piperidine rings is 1. The van der Waals surface area contributed by atoms with Crippen molar-refractivity contribution in [3.63, 3.8) is 0 Å². The van der Waals surface area contributed by atoms with E-state index in [4.69, 9.17) is 0 Å². The van der Waals surface area contributed by atoms with Gasteiger partial charge in [-0.15, -0.1) is 0 Å². The number of aromatic nitrogens is 1. The number of alkyl halides is 5. The van der Waals surface area contributed by atoms with Gasteiger partial charge in [0.05, 0.1) is 22.2 Å². The first-order valence-corrected chi connectivity index (χ1v) is 17.2. The van der Waals surface area contributed by atoms with Crippen molar-refractivity contribution in [2.45, 2.75) is 50.5 Å². The van der Waals surface area contributed by atoms with Crippen LogP contribution < -0.4 is 10.9 Å². The second-order valence-electron chi connectivity index (χ2n) is 14.0. The number of hydrogen-bond donors (Lipinski definition) is 2. The molecule has 1 aliphatic heterocycles. The lowest BCUT2D eigenvalue weighted by atomic mass is 9.90. The number of carboxylic acid groups (broad SMARTS) is 1. The highest BCUT2D eigenvalue weighted by Crippen LogP contribution is 2.42. The van der Waals surface area contributed by atoms with Gasteiger partial charge < -0.3 is 19.9 Å². The third kappa shape index (κ3) is 7.85. The molecule has 1 aliphatic rings. The van der Waals surface area contributed by atoms with E-state index in [0.717, 1.165) is 6.07 Å². The first kappa shape index (κ1) is 38.5. The number of hydrogen-bond acceptors (Lipinski definition) is 5. The summed E-state index contributed by atoms with van der Waals surface area (Å²) in [5, 5.41) is 13.0. The number of pyridine rings is 1. The van der Waals surface area contributed by atoms with Crippen LogP contribution in [0.25, 0.3) is 32.8 Å². The molecular formula is C40H38F6N4O4. The van der Waals surface area contributed by atoms with E-state index < -0.39 is 58.1 Å². The van der Waals surface area contributed by atoms with Gasteiger partial charge in [0, 0.05) is 57.9 Å². The third-order valence-electron chi connectivity index (χ3n) is 9.86. The Kier molecular flexibility index (Phi) is 10.6. The predicted octanol–water partition coefficient (Wildman–Crippen LogP) is 7.24. The molecule has 4 aromatic carbocycles. The summed E-state index contributed by atoms with van der Waals surface area (Å²) in [5.74, 6) is -6.21. The summed E-state index contributed by atoms with van der Waals surface area (Å²) >= 11 is 0. The maximum atomic E-state index is 15.2. The van der Waals surface area contributed by atoms with Crippen LogP contribution >= 0.6 is 0 Å². The highest BCUT2D eigenvalue weighted by Gasteiger charge is 2.39. The fraction of sp³-hybridized carbons (Fsp3) is 0.325. The van der Waals surface area contributed by atoms with Crippen LogP contribution in [-0.2, 0) is 37.5 Å². The van der Waals surface area contributed by atoms with Gasteiger partial charge in [-0.1, -0.05) is 54.6 Å². The minimum Gasteiger partial charge on any atom is -0.480 e. The SMILES string of the molecule is CN(C)Cc1ccc2c(c1)c(C(F)(F)F)c(-c1cccc3c(C[C@H](NC(=O)c4c(F)cccc4CN4CCC(F)(F)CC4)C(=O)O)cccc13)c(=O)n2C. The van der Waals surface area contributed by atoms with Crippen molar-refractivity contribution in [1.82, 2.24) is 19.7 Å².